The van der Waals surface area contributed by atoms with E-state index in [-0.39, 0.29) is 5.69 Å². The van der Waals surface area contributed by atoms with Gasteiger partial charge in [0.2, 0.25) is 9.84 Å². The molecular weight excluding hydrogens is 222 g/mol. The first-order valence-electron chi connectivity index (χ1n) is 3.77. The Balaban J connectivity index is 3.23. The number of aromatic carboxylic acids is 1. The van der Waals surface area contributed by atoms with E-state index in [4.69, 9.17) is 5.11 Å². The third-order valence-corrected chi connectivity index (χ3v) is 2.40. The topological polar surface area (TPSA) is 101 Å². The number of aromatic nitrogens is 1. The van der Waals surface area contributed by atoms with Crippen molar-refractivity contribution < 1.29 is 23.1 Å². The SMILES string of the molecule is CS(=O)(=O)C(=O)c1cccc(C(=O)O)n1. The molecule has 1 aromatic rings. The van der Waals surface area contributed by atoms with Crippen LogP contribution in [-0.4, -0.2) is 35.8 Å². The summed E-state index contributed by atoms with van der Waals surface area (Å²) < 4.78 is 21.8. The quantitative estimate of drug-likeness (QED) is 0.763. The van der Waals surface area contributed by atoms with E-state index in [1.54, 1.807) is 0 Å². The number of hydrogen-bond acceptors (Lipinski definition) is 5. The summed E-state index contributed by atoms with van der Waals surface area (Å²) in [5.74, 6) is -1.32. The van der Waals surface area contributed by atoms with E-state index >= 15 is 0 Å². The number of sulfone groups is 1. The molecule has 0 saturated carbocycles. The van der Waals surface area contributed by atoms with Crippen molar-refractivity contribution in [2.45, 2.75) is 0 Å². The standard InChI is InChI=1S/C8H7NO5S/c1-15(13,14)8(12)6-4-2-3-5(9-6)7(10)11/h2-4H,1H3,(H,10,11). The Labute approximate surface area is 85.5 Å². The van der Waals surface area contributed by atoms with Gasteiger partial charge in [0.05, 0.1) is 0 Å². The molecule has 7 heteroatoms. The van der Waals surface area contributed by atoms with Crippen LogP contribution in [0.25, 0.3) is 0 Å². The van der Waals surface area contributed by atoms with Gasteiger partial charge >= 0.3 is 5.97 Å². The van der Waals surface area contributed by atoms with E-state index in [0.717, 1.165) is 12.3 Å². The third kappa shape index (κ3) is 2.59. The highest BCUT2D eigenvalue weighted by atomic mass is 32.2. The zero-order chi connectivity index (χ0) is 11.6. The maximum atomic E-state index is 11.2. The van der Waals surface area contributed by atoms with Crippen LogP contribution in [-0.2, 0) is 9.84 Å². The number of carbonyl (C=O) groups is 2. The second-order valence-electron chi connectivity index (χ2n) is 2.77. The number of rotatable bonds is 2. The van der Waals surface area contributed by atoms with Crippen LogP contribution in [0.15, 0.2) is 18.2 Å². The van der Waals surface area contributed by atoms with Crippen LogP contribution in [0.2, 0.25) is 0 Å². The van der Waals surface area contributed by atoms with Gasteiger partial charge < -0.3 is 5.11 Å². The Morgan fingerprint density at radius 1 is 1.27 bits per heavy atom. The molecule has 0 atom stereocenters. The van der Waals surface area contributed by atoms with Gasteiger partial charge in [0.15, 0.2) is 0 Å². The molecule has 0 spiro atoms. The van der Waals surface area contributed by atoms with E-state index in [1.807, 2.05) is 0 Å². The van der Waals surface area contributed by atoms with Crippen molar-refractivity contribution in [3.63, 3.8) is 0 Å². The summed E-state index contributed by atoms with van der Waals surface area (Å²) >= 11 is 0. The molecule has 0 aliphatic rings. The first-order chi connectivity index (χ1) is 6.82. The van der Waals surface area contributed by atoms with E-state index in [9.17, 15) is 18.0 Å². The molecule has 0 saturated heterocycles. The molecule has 1 rings (SSSR count). The summed E-state index contributed by atoms with van der Waals surface area (Å²) in [5.41, 5.74) is -0.762. The predicted molar refractivity (Wildman–Crippen MR) is 50.4 cm³/mol. The maximum Gasteiger partial charge on any atom is 0.354 e. The van der Waals surface area contributed by atoms with Gasteiger partial charge in [0, 0.05) is 6.26 Å². The van der Waals surface area contributed by atoms with E-state index in [1.165, 1.54) is 12.1 Å². The normalized spacial score (nSPS) is 11.0. The van der Waals surface area contributed by atoms with E-state index in [2.05, 4.69) is 4.98 Å². The molecular formula is C8H7NO5S. The Hall–Kier alpha value is -1.76. The minimum Gasteiger partial charge on any atom is -0.477 e. The average Bonchev–Trinajstić information content (AvgIpc) is 2.15. The summed E-state index contributed by atoms with van der Waals surface area (Å²) in [6.07, 6.45) is 0.741. The minimum absolute atomic E-state index is 0.371. The van der Waals surface area contributed by atoms with E-state index < -0.39 is 26.6 Å². The summed E-state index contributed by atoms with van der Waals surface area (Å²) in [4.78, 5) is 25.1. The molecule has 0 aliphatic carbocycles. The van der Waals surface area contributed by atoms with Crippen molar-refractivity contribution in [3.05, 3.63) is 29.6 Å². The zero-order valence-corrected chi connectivity index (χ0v) is 8.48. The van der Waals surface area contributed by atoms with Gasteiger partial charge in [0.1, 0.15) is 11.4 Å². The maximum absolute atomic E-state index is 11.2. The number of hydrogen-bond donors (Lipinski definition) is 1. The van der Waals surface area contributed by atoms with Crippen molar-refractivity contribution in [3.8, 4) is 0 Å². The third-order valence-electron chi connectivity index (χ3n) is 1.51. The number of nitrogens with zero attached hydrogens (tertiary/aromatic N) is 1. The van der Waals surface area contributed by atoms with Crippen LogP contribution in [0, 0.1) is 0 Å². The fraction of sp³-hybridized carbons (Fsp3) is 0.125. The van der Waals surface area contributed by atoms with Gasteiger partial charge in [0.25, 0.3) is 5.12 Å². The molecule has 1 aromatic heterocycles. The van der Waals surface area contributed by atoms with Crippen LogP contribution in [0.1, 0.15) is 21.0 Å². The first-order valence-corrected chi connectivity index (χ1v) is 5.66. The van der Waals surface area contributed by atoms with Gasteiger partial charge in [-0.1, -0.05) is 6.07 Å². The number of carbonyl (C=O) groups excluding carboxylic acids is 1. The molecule has 0 bridgehead atoms. The zero-order valence-electron chi connectivity index (χ0n) is 7.67. The summed E-state index contributed by atoms with van der Waals surface area (Å²) in [6, 6.07) is 3.58. The van der Waals surface area contributed by atoms with Gasteiger partial charge in [-0.3, -0.25) is 4.79 Å². The smallest absolute Gasteiger partial charge is 0.354 e. The van der Waals surface area contributed by atoms with Gasteiger partial charge in [-0.05, 0) is 12.1 Å². The van der Waals surface area contributed by atoms with E-state index in [0.29, 0.717) is 0 Å². The molecule has 0 radical (unpaired) electrons. The lowest BCUT2D eigenvalue weighted by molar-refractivity contribution is 0.0690. The van der Waals surface area contributed by atoms with Gasteiger partial charge in [-0.25, -0.2) is 18.2 Å². The second kappa shape index (κ2) is 3.77. The highest BCUT2D eigenvalue weighted by molar-refractivity contribution is 8.06. The summed E-state index contributed by atoms with van der Waals surface area (Å²) in [6.45, 7) is 0. The lowest BCUT2D eigenvalue weighted by Crippen LogP contribution is -2.15. The van der Waals surface area contributed by atoms with Crippen LogP contribution in [0.4, 0.5) is 0 Å². The predicted octanol–water partition coefficient (Wildman–Crippen LogP) is -0.0354. The molecule has 1 heterocycles. The lowest BCUT2D eigenvalue weighted by atomic mass is 10.3. The van der Waals surface area contributed by atoms with Crippen LogP contribution >= 0.6 is 0 Å². The van der Waals surface area contributed by atoms with Gasteiger partial charge in [-0.2, -0.15) is 0 Å². The molecule has 0 aliphatic heterocycles. The number of pyridine rings is 1. The molecule has 1 N–H and O–H groups in total. The van der Waals surface area contributed by atoms with Crippen molar-refractivity contribution in [2.24, 2.45) is 0 Å². The van der Waals surface area contributed by atoms with Crippen LogP contribution in [0.3, 0.4) is 0 Å². The Bertz CT molecular complexity index is 520. The highest BCUT2D eigenvalue weighted by Crippen LogP contribution is 2.04. The van der Waals surface area contributed by atoms with Crippen LogP contribution in [0.5, 0.6) is 0 Å². The molecule has 0 fully saturated rings. The molecule has 0 unspecified atom stereocenters. The summed E-state index contributed by atoms with van der Waals surface area (Å²) in [7, 11) is -3.89. The first kappa shape index (κ1) is 11.3. The monoisotopic (exact) mass is 229 g/mol. The lowest BCUT2D eigenvalue weighted by Gasteiger charge is -1.98. The highest BCUT2D eigenvalue weighted by Gasteiger charge is 2.20. The molecule has 6 nitrogen and oxygen atoms in total. The number of carboxylic acid groups (broad SMARTS) is 1. The Kier molecular flexibility index (Phi) is 2.85. The van der Waals surface area contributed by atoms with Crippen molar-refractivity contribution >= 4 is 20.9 Å². The van der Waals surface area contributed by atoms with Crippen molar-refractivity contribution in [1.82, 2.24) is 4.98 Å². The second-order valence-corrected chi connectivity index (χ2v) is 4.69. The molecule has 0 amide bonds. The van der Waals surface area contributed by atoms with Crippen molar-refractivity contribution in [1.29, 1.82) is 0 Å². The molecule has 0 aromatic carbocycles. The fourth-order valence-corrected chi connectivity index (χ4v) is 1.35. The average molecular weight is 229 g/mol. The van der Waals surface area contributed by atoms with Crippen LogP contribution < -0.4 is 0 Å². The largest absolute Gasteiger partial charge is 0.477 e. The Morgan fingerprint density at radius 3 is 2.27 bits per heavy atom. The fourth-order valence-electron chi connectivity index (χ4n) is 0.857. The van der Waals surface area contributed by atoms with Crippen molar-refractivity contribution in [2.75, 3.05) is 6.26 Å². The Morgan fingerprint density at radius 2 is 1.80 bits per heavy atom. The summed E-state index contributed by atoms with van der Waals surface area (Å²) in [5, 5.41) is 7.38. The molecule has 15 heavy (non-hydrogen) atoms. The molecule has 80 valence electrons. The van der Waals surface area contributed by atoms with Gasteiger partial charge in [-0.15, -0.1) is 0 Å². The minimum atomic E-state index is -3.89. The number of carboxylic acids is 1.